The number of hydrogen-bond acceptors (Lipinski definition) is 27. The number of aromatic nitrogens is 3. The fraction of sp³-hybridized carbons (Fsp3) is 0.372. The average molecular weight is 1760 g/mol. The number of unbranched alkanes of at least 4 members (excludes halogenated alkanes) is 1. The number of aliphatic hydroxyl groups is 1. The first kappa shape index (κ1) is 92.1. The van der Waals surface area contributed by atoms with Gasteiger partial charge in [-0.25, -0.2) is 4.79 Å². The van der Waals surface area contributed by atoms with Crippen molar-refractivity contribution < 1.29 is 91.5 Å². The second kappa shape index (κ2) is 42.1. The summed E-state index contributed by atoms with van der Waals surface area (Å²) in [6.07, 6.45) is 2.52. The fourth-order valence-corrected chi connectivity index (χ4v) is 15.2. The minimum atomic E-state index is -1.58. The van der Waals surface area contributed by atoms with E-state index in [1.54, 1.807) is 25.1 Å². The van der Waals surface area contributed by atoms with E-state index in [1.165, 1.54) is 91.0 Å². The highest BCUT2D eigenvalue weighted by molar-refractivity contribution is 6.09. The molecule has 6 atom stereocenters. The molecule has 2 saturated heterocycles. The van der Waals surface area contributed by atoms with Crippen LogP contribution in [-0.4, -0.2) is 209 Å². The van der Waals surface area contributed by atoms with Gasteiger partial charge < -0.3 is 126 Å². The summed E-state index contributed by atoms with van der Waals surface area (Å²) < 4.78 is 18.2. The Kier molecular flexibility index (Phi) is 30.3. The molecule has 5 aliphatic heterocycles. The number of carbonyl (C=O) groups is 13. The second-order valence-electron chi connectivity index (χ2n) is 31.3. The van der Waals surface area contributed by atoms with Crippen LogP contribution < -0.4 is 111 Å². The van der Waals surface area contributed by atoms with Gasteiger partial charge in [-0.2, -0.15) is 15.0 Å². The van der Waals surface area contributed by atoms with Crippen molar-refractivity contribution in [1.29, 1.82) is 5.41 Å². The lowest BCUT2D eigenvalue weighted by molar-refractivity contribution is -0.132. The van der Waals surface area contributed by atoms with Crippen molar-refractivity contribution in [3.8, 4) is 39.7 Å². The van der Waals surface area contributed by atoms with Gasteiger partial charge in [-0.15, -0.1) is 0 Å². The number of aliphatic hydroxyl groups excluding tert-OH is 1. The van der Waals surface area contributed by atoms with Crippen LogP contribution in [0.3, 0.4) is 0 Å². The summed E-state index contributed by atoms with van der Waals surface area (Å²) in [5.74, 6) is -11.9. The van der Waals surface area contributed by atoms with Crippen molar-refractivity contribution in [2.24, 2.45) is 40.7 Å². The number of nitrogens with two attached hydrogens (primary N) is 4. The lowest BCUT2D eigenvalue weighted by Gasteiger charge is -2.34. The highest BCUT2D eigenvalue weighted by Gasteiger charge is 2.37. The number of nitrogens with one attached hydrogen (secondary N) is 13. The van der Waals surface area contributed by atoms with Crippen molar-refractivity contribution >= 4 is 134 Å². The Morgan fingerprint density at radius 1 is 0.602 bits per heavy atom. The predicted octanol–water partition coefficient (Wildman–Crippen LogP) is 1.82. The number of nitrogens with zero attached hydrogens (tertiary/aromatic N) is 5. The average Bonchev–Trinajstić information content (AvgIpc) is 0.744. The standard InChI is InChI=1S/C86H100N22O20/c1-3-43(2)71-81(123)100-61(8-6-27-92-83(90)91)79(121)101-62-33-46(72(88)114)9-10-47(62)42-127-65-20-13-49(36-58(65)77(119)103-71)96-69(113)40-94-75(117)45-23-30-108(31-24-45)86-105-84(97-50-11-16-53(56(34-50)82(124)125)70-54-17-14-51(110)37-66(54)128-67-38-52(111)15-18-55(67)70)104-85(106-86)107-28-21-44(22-29-107)74(116)93-39-68(112)95-48-12-19-64-57(35-48)76(118)102-63(41-109)80(122)99-60(7-4-5-26-87)78(120)98-59(73(89)115)25-32-126-64/h9-20,33-38,43-45,59-61,63,71,109-110H,3-8,21-32,39-42,87H2,1-2H3,(H2,88,114)(H2,89,115)(H,93,116)(H,94,117)(H,95,112)(H,96,113)(H,98,120)(H,99,122)(H,100,123)(H,101,121)(H,102,118)(H,103,119)(H,124,125)(H4,90,91,92)(H,97,104,105,106)/t43-,59-,60-,61-,63-,71-/m0/s1. The van der Waals surface area contributed by atoms with Gasteiger partial charge in [0.1, 0.15) is 65.4 Å². The number of carbonyl (C=O) groups excluding carboxylic acids is 12. The lowest BCUT2D eigenvalue weighted by atomic mass is 9.90. The van der Waals surface area contributed by atoms with Crippen molar-refractivity contribution in [2.45, 2.75) is 121 Å². The van der Waals surface area contributed by atoms with E-state index >= 15 is 0 Å². The van der Waals surface area contributed by atoms with Crippen LogP contribution in [0.15, 0.2) is 118 Å². The number of phenolic OH excluding ortho intramolecular Hbond substituents is 1. The van der Waals surface area contributed by atoms with Gasteiger partial charge in [-0.1, -0.05) is 32.4 Å². The van der Waals surface area contributed by atoms with Crippen molar-refractivity contribution in [3.63, 3.8) is 0 Å². The number of fused-ring (bicyclic) bond motifs is 5. The first-order valence-corrected chi connectivity index (χ1v) is 41.6. The van der Waals surface area contributed by atoms with Crippen LogP contribution in [0.5, 0.6) is 17.2 Å². The number of carboxylic acid groups (broad SMARTS) is 1. The quantitative estimate of drug-likeness (QED) is 0.0151. The number of phenols is 1. The molecule has 6 aliphatic rings. The van der Waals surface area contributed by atoms with Gasteiger partial charge in [-0.3, -0.25) is 67.7 Å². The third-order valence-corrected chi connectivity index (χ3v) is 22.4. The molecule has 1 aliphatic carbocycles. The summed E-state index contributed by atoms with van der Waals surface area (Å²) in [7, 11) is 0. The van der Waals surface area contributed by atoms with E-state index < -0.39 is 145 Å². The van der Waals surface area contributed by atoms with Gasteiger partial charge in [-0.05, 0) is 161 Å². The van der Waals surface area contributed by atoms with Crippen LogP contribution >= 0.6 is 0 Å². The number of amides is 12. The molecular weight excluding hydrogens is 1660 g/mol. The number of aromatic carboxylic acids is 1. The molecule has 42 nitrogen and oxygen atoms in total. The minimum Gasteiger partial charge on any atom is -0.508 e. The molecule has 0 saturated carbocycles. The molecule has 12 amide bonds. The van der Waals surface area contributed by atoms with E-state index in [0.717, 1.165) is 0 Å². The molecule has 12 rings (SSSR count). The number of benzene rings is 6. The van der Waals surface area contributed by atoms with E-state index in [-0.39, 0.29) is 206 Å². The van der Waals surface area contributed by atoms with E-state index in [1.807, 2.05) is 16.7 Å². The highest BCUT2D eigenvalue weighted by Crippen LogP contribution is 2.43. The molecule has 0 radical (unpaired) electrons. The van der Waals surface area contributed by atoms with Gasteiger partial charge in [0.05, 0.1) is 43.0 Å². The smallest absolute Gasteiger partial charge is 0.336 e. The molecule has 0 spiro atoms. The molecule has 0 unspecified atom stereocenters. The molecule has 24 N–H and O–H groups in total. The van der Waals surface area contributed by atoms with Crippen molar-refractivity contribution in [1.82, 2.24) is 57.5 Å². The Hall–Kier alpha value is -15.1. The number of carboxylic acids is 1. The molecule has 42 heteroatoms. The number of piperidine rings is 2. The van der Waals surface area contributed by atoms with Crippen LogP contribution in [0.2, 0.25) is 0 Å². The predicted molar refractivity (Wildman–Crippen MR) is 466 cm³/mol. The molecule has 5 aromatic carbocycles. The first-order chi connectivity index (χ1) is 61.4. The van der Waals surface area contributed by atoms with Crippen LogP contribution in [0.4, 0.5) is 40.6 Å². The molecule has 0 bridgehead atoms. The Morgan fingerprint density at radius 2 is 1.20 bits per heavy atom. The van der Waals surface area contributed by atoms with Gasteiger partial charge >= 0.3 is 5.97 Å². The molecule has 128 heavy (non-hydrogen) atoms. The SMILES string of the molecule is CC[C@H](C)[C@@H]1NC(=O)c2cc(NC(=O)CNC(=O)C3CCN(c4nc(Nc5ccc(-c6c7ccc(=O)cc-7oc7cc(O)ccc67)c(C(=O)O)c5)nc(N5CCC(C(=O)NCC(=O)Nc6ccc7c(c6)C(=O)N[C@@H](CO)C(=O)N[C@@H](CCCCN)C(=O)N[C@H](C(N)=O)CCO7)CC5)n4)CC3)ccc2OCc2ccc(C(N)=O)cc2NC(=O)[C@H](CCCNC(=N)N)NC1=O. The molecular formula is C86H100N22O20. The van der Waals surface area contributed by atoms with E-state index in [9.17, 15) is 82.4 Å². The van der Waals surface area contributed by atoms with E-state index in [2.05, 4.69) is 63.8 Å². The molecule has 2 fully saturated rings. The number of aromatic hydroxyl groups is 1. The second-order valence-corrected chi connectivity index (χ2v) is 31.3. The maximum Gasteiger partial charge on any atom is 0.336 e. The Balaban J connectivity index is 0.726. The summed E-state index contributed by atoms with van der Waals surface area (Å²) >= 11 is 0. The molecule has 1 aromatic heterocycles. The lowest BCUT2D eigenvalue weighted by Crippen LogP contribution is -2.57. The number of anilines is 7. The van der Waals surface area contributed by atoms with Gasteiger partial charge in [0, 0.05) is 114 Å². The maximum atomic E-state index is 14.5. The van der Waals surface area contributed by atoms with Crippen LogP contribution in [-0.2, 0) is 49.8 Å². The molecule has 6 aromatic rings. The summed E-state index contributed by atoms with van der Waals surface area (Å²) in [6.45, 7) is 2.40. The summed E-state index contributed by atoms with van der Waals surface area (Å²) in [5.41, 5.74) is 23.7. The molecule has 674 valence electrons. The zero-order valence-electron chi connectivity index (χ0n) is 69.9. The topological polar surface area (TPSA) is 649 Å². The summed E-state index contributed by atoms with van der Waals surface area (Å²) in [4.78, 5) is 208. The number of ether oxygens (including phenoxy) is 2. The number of guanidine groups is 1. The zero-order valence-corrected chi connectivity index (χ0v) is 69.9. The first-order valence-electron chi connectivity index (χ1n) is 41.6. The normalized spacial score (nSPS) is 18.2. The highest BCUT2D eigenvalue weighted by atomic mass is 16.5. The monoisotopic (exact) mass is 1760 g/mol. The fourth-order valence-electron chi connectivity index (χ4n) is 15.2. The van der Waals surface area contributed by atoms with Crippen LogP contribution in [0.25, 0.3) is 33.4 Å². The van der Waals surface area contributed by atoms with Crippen molar-refractivity contribution in [2.75, 3.05) is 96.6 Å². The van der Waals surface area contributed by atoms with Gasteiger partial charge in [0.2, 0.25) is 76.9 Å². The van der Waals surface area contributed by atoms with Gasteiger partial charge in [0.25, 0.3) is 11.8 Å². The molecule has 6 heterocycles. The Labute approximate surface area is 731 Å². The Morgan fingerprint density at radius 3 is 1.80 bits per heavy atom. The summed E-state index contributed by atoms with van der Waals surface area (Å²) in [5, 5.41) is 72.1. The van der Waals surface area contributed by atoms with Crippen LogP contribution in [0.1, 0.15) is 131 Å². The Bertz CT molecular complexity index is 5640. The van der Waals surface area contributed by atoms with Crippen LogP contribution in [0, 0.1) is 23.2 Å². The summed E-state index contributed by atoms with van der Waals surface area (Å²) in [6, 6.07) is 19.1. The zero-order chi connectivity index (χ0) is 91.6. The van der Waals surface area contributed by atoms with E-state index in [4.69, 9.17) is 57.2 Å². The van der Waals surface area contributed by atoms with Gasteiger partial charge in [0.15, 0.2) is 11.4 Å². The maximum absolute atomic E-state index is 14.5. The minimum absolute atomic E-state index is 0.00339. The third kappa shape index (κ3) is 23.3. The third-order valence-electron chi connectivity index (χ3n) is 22.4. The number of primary amides is 2. The van der Waals surface area contributed by atoms with Crippen molar-refractivity contribution in [3.05, 3.63) is 147 Å². The number of rotatable bonds is 27. The van der Waals surface area contributed by atoms with E-state index in [0.29, 0.717) is 47.9 Å². The largest absolute Gasteiger partial charge is 0.508 e. The number of hydrogen-bond donors (Lipinski definition) is 20.